The molecule has 1 amide bonds. The highest BCUT2D eigenvalue weighted by Gasteiger charge is 2.04. The van der Waals surface area contributed by atoms with Crippen molar-refractivity contribution in [2.75, 3.05) is 0 Å². The van der Waals surface area contributed by atoms with E-state index in [1.807, 2.05) is 6.92 Å². The van der Waals surface area contributed by atoms with Gasteiger partial charge in [0.25, 0.3) is 5.91 Å². The minimum absolute atomic E-state index is 0.0174. The Kier molecular flexibility index (Phi) is 3.14. The largest absolute Gasteiger partial charge is 0.290 e. The number of benzene rings is 1. The Balaban J connectivity index is 2.85. The fraction of sp³-hybridized carbons (Fsp3) is 0.222. The van der Waals surface area contributed by atoms with E-state index in [4.69, 9.17) is 11.6 Å². The lowest BCUT2D eigenvalue weighted by Crippen LogP contribution is -1.97. The molecule has 0 radical (unpaired) electrons. The Morgan fingerprint density at radius 3 is 2.77 bits per heavy atom. The van der Waals surface area contributed by atoms with Crippen LogP contribution >= 0.6 is 11.6 Å². The minimum Gasteiger partial charge on any atom is -0.269 e. The third-order valence-corrected chi connectivity index (χ3v) is 2.10. The number of rotatable bonds is 2. The molecular weight excluding hydrogens is 190 g/mol. The molecule has 0 saturated heterocycles. The fourth-order valence-corrected chi connectivity index (χ4v) is 1.16. The summed E-state index contributed by atoms with van der Waals surface area (Å²) >= 11 is 5.82. The van der Waals surface area contributed by atoms with Crippen molar-refractivity contribution < 1.29 is 4.79 Å². The highest BCUT2D eigenvalue weighted by Crippen LogP contribution is 2.17. The van der Waals surface area contributed by atoms with E-state index in [9.17, 15) is 9.70 Å². The fourth-order valence-electron chi connectivity index (χ4n) is 0.953. The third-order valence-electron chi connectivity index (χ3n) is 1.69. The molecule has 0 fully saturated rings. The van der Waals surface area contributed by atoms with Crippen molar-refractivity contribution in [3.8, 4) is 0 Å². The van der Waals surface area contributed by atoms with Crippen LogP contribution in [0.25, 0.3) is 0 Å². The summed E-state index contributed by atoms with van der Waals surface area (Å²) in [5.74, 6) is -0.681. The molecule has 0 aliphatic carbocycles. The van der Waals surface area contributed by atoms with Gasteiger partial charge in [-0.1, -0.05) is 23.7 Å². The maximum absolute atomic E-state index is 10.7. The van der Waals surface area contributed by atoms with Crippen LogP contribution in [0.5, 0.6) is 0 Å². The number of amides is 1. The van der Waals surface area contributed by atoms with Gasteiger partial charge in [-0.15, -0.1) is 4.91 Å². The number of nitrogens with zero attached hydrogens (tertiary/aromatic N) is 1. The van der Waals surface area contributed by atoms with E-state index in [2.05, 4.69) is 5.18 Å². The molecule has 0 atom stereocenters. The highest BCUT2D eigenvalue weighted by molar-refractivity contribution is 6.31. The monoisotopic (exact) mass is 197 g/mol. The van der Waals surface area contributed by atoms with Crippen molar-refractivity contribution >= 4 is 17.5 Å². The van der Waals surface area contributed by atoms with Crippen LogP contribution in [0.3, 0.4) is 0 Å². The molecular formula is C9H8ClNO2. The summed E-state index contributed by atoms with van der Waals surface area (Å²) < 4.78 is 0. The lowest BCUT2D eigenvalue weighted by atomic mass is 10.1. The van der Waals surface area contributed by atoms with Gasteiger partial charge >= 0.3 is 0 Å². The molecule has 4 heteroatoms. The first-order chi connectivity index (χ1) is 6.13. The van der Waals surface area contributed by atoms with Crippen molar-refractivity contribution in [1.82, 2.24) is 0 Å². The molecule has 0 saturated carbocycles. The molecule has 1 aromatic rings. The Morgan fingerprint density at radius 1 is 1.54 bits per heavy atom. The topological polar surface area (TPSA) is 46.5 Å². The van der Waals surface area contributed by atoms with E-state index in [1.165, 1.54) is 0 Å². The van der Waals surface area contributed by atoms with Crippen LogP contribution in [-0.2, 0) is 11.2 Å². The van der Waals surface area contributed by atoms with E-state index < -0.39 is 5.91 Å². The van der Waals surface area contributed by atoms with Crippen molar-refractivity contribution in [2.24, 2.45) is 5.18 Å². The number of carbonyl (C=O) groups excluding carboxylic acids is 1. The van der Waals surface area contributed by atoms with Crippen molar-refractivity contribution in [1.29, 1.82) is 0 Å². The zero-order valence-electron chi connectivity index (χ0n) is 7.08. The van der Waals surface area contributed by atoms with Crippen LogP contribution in [0.1, 0.15) is 11.1 Å². The van der Waals surface area contributed by atoms with Gasteiger partial charge in [-0.25, -0.2) is 0 Å². The van der Waals surface area contributed by atoms with Gasteiger partial charge in [0, 0.05) is 10.2 Å². The molecule has 0 N–H and O–H groups in total. The standard InChI is InChI=1S/C9H8ClNO2/c1-6-2-3-7(4-8(6)10)5-9(12)11-13/h2-4H,5H2,1H3. The summed E-state index contributed by atoms with van der Waals surface area (Å²) in [5, 5.41) is 2.90. The molecule has 0 aliphatic heterocycles. The number of aryl methyl sites for hydroxylation is 1. The SMILES string of the molecule is Cc1ccc(CC(=O)N=O)cc1Cl. The lowest BCUT2D eigenvalue weighted by Gasteiger charge is -2.00. The van der Waals surface area contributed by atoms with Gasteiger partial charge in [0.1, 0.15) is 0 Å². The smallest absolute Gasteiger partial charge is 0.269 e. The Hall–Kier alpha value is -1.22. The van der Waals surface area contributed by atoms with Crippen molar-refractivity contribution in [3.63, 3.8) is 0 Å². The molecule has 3 nitrogen and oxygen atoms in total. The number of hydrogen-bond acceptors (Lipinski definition) is 2. The normalized spacial score (nSPS) is 9.69. The van der Waals surface area contributed by atoms with Gasteiger partial charge < -0.3 is 0 Å². The molecule has 1 aromatic carbocycles. The summed E-state index contributed by atoms with van der Waals surface area (Å²) in [6.45, 7) is 1.87. The van der Waals surface area contributed by atoms with Crippen molar-refractivity contribution in [2.45, 2.75) is 13.3 Å². The molecule has 0 spiro atoms. The van der Waals surface area contributed by atoms with Crippen LogP contribution in [0, 0.1) is 11.8 Å². The maximum Gasteiger partial charge on any atom is 0.290 e. The van der Waals surface area contributed by atoms with Crippen LogP contribution in [0.2, 0.25) is 5.02 Å². The summed E-state index contributed by atoms with van der Waals surface area (Å²) in [6, 6.07) is 5.22. The summed E-state index contributed by atoms with van der Waals surface area (Å²) in [6.07, 6.45) is 0.0174. The number of halogens is 1. The molecule has 0 aromatic heterocycles. The first kappa shape index (κ1) is 9.86. The van der Waals surface area contributed by atoms with E-state index in [-0.39, 0.29) is 6.42 Å². The Morgan fingerprint density at radius 2 is 2.23 bits per heavy atom. The van der Waals surface area contributed by atoms with Gasteiger partial charge in [0.05, 0.1) is 6.42 Å². The first-order valence-electron chi connectivity index (χ1n) is 3.74. The van der Waals surface area contributed by atoms with Crippen LogP contribution in [0.15, 0.2) is 23.4 Å². The molecule has 0 aliphatic rings. The van der Waals surface area contributed by atoms with Crippen molar-refractivity contribution in [3.05, 3.63) is 39.3 Å². The molecule has 0 heterocycles. The quantitative estimate of drug-likeness (QED) is 0.684. The van der Waals surface area contributed by atoms with Gasteiger partial charge in [-0.05, 0) is 24.1 Å². The average Bonchev–Trinajstić information content (AvgIpc) is 2.11. The first-order valence-corrected chi connectivity index (χ1v) is 4.12. The second-order valence-electron chi connectivity index (χ2n) is 2.75. The van der Waals surface area contributed by atoms with Gasteiger partial charge in [-0.2, -0.15) is 0 Å². The lowest BCUT2D eigenvalue weighted by molar-refractivity contribution is -0.117. The highest BCUT2D eigenvalue weighted by atomic mass is 35.5. The Labute approximate surface area is 80.7 Å². The molecule has 68 valence electrons. The van der Waals surface area contributed by atoms with Crippen LogP contribution < -0.4 is 0 Å². The molecule has 13 heavy (non-hydrogen) atoms. The second-order valence-corrected chi connectivity index (χ2v) is 3.15. The summed E-state index contributed by atoms with van der Waals surface area (Å²) in [5.41, 5.74) is 1.65. The predicted octanol–water partition coefficient (Wildman–Crippen LogP) is 2.48. The summed E-state index contributed by atoms with van der Waals surface area (Å²) in [7, 11) is 0. The van der Waals surface area contributed by atoms with E-state index >= 15 is 0 Å². The van der Waals surface area contributed by atoms with E-state index in [0.29, 0.717) is 10.6 Å². The van der Waals surface area contributed by atoms with Crippen LogP contribution in [-0.4, -0.2) is 5.91 Å². The van der Waals surface area contributed by atoms with Gasteiger partial charge in [0.2, 0.25) is 0 Å². The maximum atomic E-state index is 10.7. The molecule has 0 bridgehead atoms. The van der Waals surface area contributed by atoms with Crippen LogP contribution in [0.4, 0.5) is 0 Å². The number of hydrogen-bond donors (Lipinski definition) is 0. The zero-order valence-corrected chi connectivity index (χ0v) is 7.84. The second kappa shape index (κ2) is 4.14. The van der Waals surface area contributed by atoms with E-state index in [1.54, 1.807) is 18.2 Å². The number of carbonyl (C=O) groups is 1. The number of nitroso groups, excluding NO2 is 1. The molecule has 0 unspecified atom stereocenters. The zero-order chi connectivity index (χ0) is 9.84. The summed E-state index contributed by atoms with van der Waals surface area (Å²) in [4.78, 5) is 20.5. The van der Waals surface area contributed by atoms with Gasteiger partial charge in [0.15, 0.2) is 0 Å². The van der Waals surface area contributed by atoms with Gasteiger partial charge in [-0.3, -0.25) is 4.79 Å². The minimum atomic E-state index is -0.681. The Bertz CT molecular complexity index is 349. The third kappa shape index (κ3) is 2.63. The predicted molar refractivity (Wildman–Crippen MR) is 50.7 cm³/mol. The average molecular weight is 198 g/mol. The molecule has 1 rings (SSSR count). The van der Waals surface area contributed by atoms with E-state index in [0.717, 1.165) is 5.56 Å².